The van der Waals surface area contributed by atoms with Crippen molar-refractivity contribution in [1.82, 2.24) is 9.97 Å². The van der Waals surface area contributed by atoms with Gasteiger partial charge in [0.05, 0.1) is 5.52 Å². The standard InChI is InChI=1S/C7H6N2O2S/c10-3-5-8-4-1-2-12-6(4)7(11)9-5/h1-2,10H,3H2,(H,8,9,11). The molecule has 0 saturated heterocycles. The molecule has 0 bridgehead atoms. The van der Waals surface area contributed by atoms with Crippen LogP contribution >= 0.6 is 11.3 Å². The van der Waals surface area contributed by atoms with Gasteiger partial charge in [-0.1, -0.05) is 0 Å². The number of aliphatic hydroxyl groups excluding tert-OH is 1. The number of nitrogens with one attached hydrogen (secondary N) is 1. The maximum Gasteiger partial charge on any atom is 0.268 e. The third-order valence-corrected chi connectivity index (χ3v) is 2.42. The number of hydrogen-bond donors (Lipinski definition) is 2. The van der Waals surface area contributed by atoms with E-state index in [9.17, 15) is 4.79 Å². The summed E-state index contributed by atoms with van der Waals surface area (Å²) in [6, 6.07) is 1.76. The molecule has 12 heavy (non-hydrogen) atoms. The lowest BCUT2D eigenvalue weighted by Crippen LogP contribution is -2.09. The van der Waals surface area contributed by atoms with Gasteiger partial charge < -0.3 is 10.1 Å². The summed E-state index contributed by atoms with van der Waals surface area (Å²) in [5.41, 5.74) is 0.465. The van der Waals surface area contributed by atoms with Gasteiger partial charge >= 0.3 is 0 Å². The van der Waals surface area contributed by atoms with E-state index in [0.717, 1.165) is 0 Å². The molecule has 2 N–H and O–H groups in total. The second-order valence-corrected chi connectivity index (χ2v) is 3.22. The predicted molar refractivity (Wildman–Crippen MR) is 46.2 cm³/mol. The summed E-state index contributed by atoms with van der Waals surface area (Å²) in [5, 5.41) is 10.5. The van der Waals surface area contributed by atoms with E-state index in [4.69, 9.17) is 5.11 Å². The first-order valence-corrected chi connectivity index (χ1v) is 4.26. The minimum atomic E-state index is -0.235. The SMILES string of the molecule is O=c1[nH]c(CO)nc2ccsc12. The third kappa shape index (κ3) is 1.03. The Balaban J connectivity index is 2.84. The lowest BCUT2D eigenvalue weighted by atomic mass is 10.4. The number of fused-ring (bicyclic) bond motifs is 1. The molecule has 0 amide bonds. The maximum atomic E-state index is 11.2. The lowest BCUT2D eigenvalue weighted by Gasteiger charge is -1.93. The number of thiophene rings is 1. The summed E-state index contributed by atoms with van der Waals surface area (Å²) >= 11 is 1.35. The minimum absolute atomic E-state index is 0.181. The van der Waals surface area contributed by atoms with Gasteiger partial charge in [0.1, 0.15) is 17.1 Å². The quantitative estimate of drug-likeness (QED) is 0.674. The molecule has 5 heteroatoms. The van der Waals surface area contributed by atoms with Crippen molar-refractivity contribution in [2.45, 2.75) is 6.61 Å². The molecule has 0 fully saturated rings. The molecule has 0 aliphatic rings. The average Bonchev–Trinajstić information content (AvgIpc) is 2.52. The second kappa shape index (κ2) is 2.69. The van der Waals surface area contributed by atoms with Crippen molar-refractivity contribution in [3.05, 3.63) is 27.6 Å². The Morgan fingerprint density at radius 3 is 3.25 bits per heavy atom. The Bertz CT molecular complexity index is 460. The minimum Gasteiger partial charge on any atom is -0.388 e. The molecule has 0 saturated carbocycles. The number of hydrogen-bond acceptors (Lipinski definition) is 4. The highest BCUT2D eigenvalue weighted by Gasteiger charge is 2.02. The fourth-order valence-electron chi connectivity index (χ4n) is 0.997. The highest BCUT2D eigenvalue weighted by molar-refractivity contribution is 7.17. The summed E-state index contributed by atoms with van der Waals surface area (Å²) < 4.78 is 0.604. The number of H-pyrrole nitrogens is 1. The smallest absolute Gasteiger partial charge is 0.268 e. The van der Waals surface area contributed by atoms with Crippen molar-refractivity contribution in [1.29, 1.82) is 0 Å². The Kier molecular flexibility index (Phi) is 1.67. The van der Waals surface area contributed by atoms with Crippen LogP contribution in [0.3, 0.4) is 0 Å². The summed E-state index contributed by atoms with van der Waals surface area (Å²) in [7, 11) is 0. The zero-order chi connectivity index (χ0) is 8.55. The van der Waals surface area contributed by atoms with Crippen molar-refractivity contribution in [3.63, 3.8) is 0 Å². The van der Waals surface area contributed by atoms with Crippen molar-refractivity contribution >= 4 is 21.6 Å². The summed E-state index contributed by atoms with van der Waals surface area (Å²) in [6.07, 6.45) is 0. The molecule has 2 aromatic rings. The van der Waals surface area contributed by atoms with Gasteiger partial charge in [-0.25, -0.2) is 4.98 Å². The Morgan fingerprint density at radius 2 is 2.50 bits per heavy atom. The van der Waals surface area contributed by atoms with Crippen LogP contribution in [0.1, 0.15) is 5.82 Å². The van der Waals surface area contributed by atoms with Crippen LogP contribution in [0.25, 0.3) is 10.2 Å². The van der Waals surface area contributed by atoms with E-state index in [-0.39, 0.29) is 12.2 Å². The summed E-state index contributed by atoms with van der Waals surface area (Å²) in [6.45, 7) is -0.235. The summed E-state index contributed by atoms with van der Waals surface area (Å²) in [5.74, 6) is 0.311. The molecule has 0 spiro atoms. The largest absolute Gasteiger partial charge is 0.388 e. The lowest BCUT2D eigenvalue weighted by molar-refractivity contribution is 0.271. The number of aliphatic hydroxyl groups is 1. The normalized spacial score (nSPS) is 10.8. The van der Waals surface area contributed by atoms with Crippen LogP contribution < -0.4 is 5.56 Å². The molecule has 2 rings (SSSR count). The fraction of sp³-hybridized carbons (Fsp3) is 0.143. The second-order valence-electron chi connectivity index (χ2n) is 2.31. The van der Waals surface area contributed by atoms with E-state index in [1.807, 2.05) is 0 Å². The van der Waals surface area contributed by atoms with E-state index in [0.29, 0.717) is 16.0 Å². The van der Waals surface area contributed by atoms with Crippen molar-refractivity contribution < 1.29 is 5.11 Å². The molecule has 0 unspecified atom stereocenters. The molecule has 0 aliphatic carbocycles. The molecular formula is C7H6N2O2S. The van der Waals surface area contributed by atoms with Crippen LogP contribution in [0.15, 0.2) is 16.2 Å². The van der Waals surface area contributed by atoms with Crippen LogP contribution in [0.2, 0.25) is 0 Å². The van der Waals surface area contributed by atoms with Crippen molar-refractivity contribution in [2.75, 3.05) is 0 Å². The van der Waals surface area contributed by atoms with E-state index in [1.165, 1.54) is 11.3 Å². The number of aromatic nitrogens is 2. The monoisotopic (exact) mass is 182 g/mol. The molecule has 62 valence electrons. The average molecular weight is 182 g/mol. The molecule has 0 aliphatic heterocycles. The molecule has 0 aromatic carbocycles. The number of rotatable bonds is 1. The molecule has 2 heterocycles. The van der Waals surface area contributed by atoms with E-state index >= 15 is 0 Å². The van der Waals surface area contributed by atoms with Crippen LogP contribution in [0.4, 0.5) is 0 Å². The zero-order valence-electron chi connectivity index (χ0n) is 6.07. The Morgan fingerprint density at radius 1 is 1.67 bits per heavy atom. The van der Waals surface area contributed by atoms with Crippen LogP contribution in [-0.2, 0) is 6.61 Å². The molecular weight excluding hydrogens is 176 g/mol. The van der Waals surface area contributed by atoms with Crippen LogP contribution in [0.5, 0.6) is 0 Å². The van der Waals surface area contributed by atoms with Gasteiger partial charge in [-0.3, -0.25) is 4.79 Å². The Hall–Kier alpha value is -1.20. The molecule has 0 atom stereocenters. The predicted octanol–water partition coefficient (Wildman–Crippen LogP) is 0.477. The van der Waals surface area contributed by atoms with Gasteiger partial charge in [-0.2, -0.15) is 0 Å². The number of aromatic amines is 1. The molecule has 0 radical (unpaired) electrons. The van der Waals surface area contributed by atoms with E-state index in [2.05, 4.69) is 9.97 Å². The van der Waals surface area contributed by atoms with Crippen molar-refractivity contribution in [2.24, 2.45) is 0 Å². The van der Waals surface area contributed by atoms with Gasteiger partial charge in [0.15, 0.2) is 0 Å². The van der Waals surface area contributed by atoms with Gasteiger partial charge in [-0.15, -0.1) is 11.3 Å². The van der Waals surface area contributed by atoms with E-state index in [1.54, 1.807) is 11.4 Å². The fourth-order valence-corrected chi connectivity index (χ4v) is 1.72. The van der Waals surface area contributed by atoms with Crippen LogP contribution in [0, 0.1) is 0 Å². The zero-order valence-corrected chi connectivity index (χ0v) is 6.89. The van der Waals surface area contributed by atoms with Gasteiger partial charge in [0, 0.05) is 0 Å². The first-order chi connectivity index (χ1) is 5.81. The van der Waals surface area contributed by atoms with Crippen LogP contribution in [-0.4, -0.2) is 15.1 Å². The van der Waals surface area contributed by atoms with Gasteiger partial charge in [0.25, 0.3) is 5.56 Å². The van der Waals surface area contributed by atoms with Gasteiger partial charge in [0.2, 0.25) is 0 Å². The van der Waals surface area contributed by atoms with E-state index < -0.39 is 0 Å². The van der Waals surface area contributed by atoms with Crippen molar-refractivity contribution in [3.8, 4) is 0 Å². The molecule has 2 aromatic heterocycles. The highest BCUT2D eigenvalue weighted by atomic mass is 32.1. The molecule has 4 nitrogen and oxygen atoms in total. The first kappa shape index (κ1) is 7.45. The first-order valence-electron chi connectivity index (χ1n) is 3.38. The highest BCUT2D eigenvalue weighted by Crippen LogP contribution is 2.13. The summed E-state index contributed by atoms with van der Waals surface area (Å²) in [4.78, 5) is 17.7. The maximum absolute atomic E-state index is 11.2. The number of nitrogens with zero attached hydrogens (tertiary/aromatic N) is 1. The Labute approximate surface area is 71.5 Å². The third-order valence-electron chi connectivity index (χ3n) is 1.51. The van der Waals surface area contributed by atoms with Gasteiger partial charge in [-0.05, 0) is 11.4 Å². The topological polar surface area (TPSA) is 66.0 Å².